The first kappa shape index (κ1) is 22.3. The quantitative estimate of drug-likeness (QED) is 0.649. The van der Waals surface area contributed by atoms with E-state index in [-0.39, 0.29) is 10.9 Å². The lowest BCUT2D eigenvalue weighted by atomic mass is 9.91. The molecule has 32 heavy (non-hydrogen) atoms. The summed E-state index contributed by atoms with van der Waals surface area (Å²) in [6.07, 6.45) is 3.19. The largest absolute Gasteiger partial charge is 0.496 e. The summed E-state index contributed by atoms with van der Waals surface area (Å²) >= 11 is 0. The van der Waals surface area contributed by atoms with E-state index < -0.39 is 27.5 Å². The summed E-state index contributed by atoms with van der Waals surface area (Å²) in [5, 5.41) is 4.79. The maximum absolute atomic E-state index is 13.7. The molecule has 8 nitrogen and oxygen atoms in total. The maximum Gasteiger partial charge on any atom is 0.322 e. The Bertz CT molecular complexity index is 1140. The highest BCUT2D eigenvalue weighted by molar-refractivity contribution is 7.89. The van der Waals surface area contributed by atoms with Crippen LogP contribution in [0, 0.1) is 0 Å². The van der Waals surface area contributed by atoms with Crippen molar-refractivity contribution >= 4 is 22.0 Å². The van der Waals surface area contributed by atoms with Gasteiger partial charge in [0.05, 0.1) is 12.0 Å². The van der Waals surface area contributed by atoms with Gasteiger partial charge in [0.1, 0.15) is 11.3 Å². The molecule has 2 aliphatic heterocycles. The van der Waals surface area contributed by atoms with Gasteiger partial charge in [-0.25, -0.2) is 13.2 Å². The third kappa shape index (κ3) is 3.98. The summed E-state index contributed by atoms with van der Waals surface area (Å²) in [6, 6.07) is 13.5. The van der Waals surface area contributed by atoms with Crippen LogP contribution >= 0.6 is 0 Å². The van der Waals surface area contributed by atoms with Crippen LogP contribution < -0.4 is 15.4 Å². The molecule has 2 heterocycles. The molecule has 9 heteroatoms. The number of benzene rings is 2. The van der Waals surface area contributed by atoms with Crippen molar-refractivity contribution in [1.82, 2.24) is 14.9 Å². The lowest BCUT2D eigenvalue weighted by Crippen LogP contribution is -2.45. The van der Waals surface area contributed by atoms with Crippen LogP contribution in [0.15, 0.2) is 53.4 Å². The number of hydrogen-bond acceptors (Lipinski definition) is 5. The Morgan fingerprint density at radius 2 is 1.88 bits per heavy atom. The Morgan fingerprint density at radius 1 is 1.12 bits per heavy atom. The molecule has 170 valence electrons. The highest BCUT2D eigenvalue weighted by atomic mass is 32.2. The van der Waals surface area contributed by atoms with Gasteiger partial charge in [0.2, 0.25) is 10.0 Å². The number of sulfonamides is 1. The third-order valence-electron chi connectivity index (χ3n) is 6.25. The van der Waals surface area contributed by atoms with E-state index in [1.165, 1.54) is 32.2 Å². The van der Waals surface area contributed by atoms with Crippen LogP contribution in [0.3, 0.4) is 0 Å². The van der Waals surface area contributed by atoms with Crippen molar-refractivity contribution in [3.63, 3.8) is 0 Å². The van der Waals surface area contributed by atoms with Gasteiger partial charge in [-0.05, 0) is 49.9 Å². The molecular formula is C23H27N3O5S. The van der Waals surface area contributed by atoms with E-state index in [1.54, 1.807) is 4.31 Å². The van der Waals surface area contributed by atoms with E-state index >= 15 is 0 Å². The van der Waals surface area contributed by atoms with Crippen molar-refractivity contribution in [2.24, 2.45) is 0 Å². The monoisotopic (exact) mass is 457 g/mol. The lowest BCUT2D eigenvalue weighted by molar-refractivity contribution is -0.123. The van der Waals surface area contributed by atoms with Gasteiger partial charge in [0, 0.05) is 18.2 Å². The fraction of sp³-hybridized carbons (Fsp3) is 0.391. The Kier molecular flexibility index (Phi) is 5.96. The predicted octanol–water partition coefficient (Wildman–Crippen LogP) is 2.54. The van der Waals surface area contributed by atoms with Gasteiger partial charge in [0.25, 0.3) is 5.91 Å². The maximum atomic E-state index is 13.7. The second-order valence-corrected chi connectivity index (χ2v) is 10.2. The number of hydrogen-bond donors (Lipinski definition) is 2. The number of carbonyl (C=O) groups excluding carboxylic acids is 2. The Labute approximate surface area is 188 Å². The molecule has 2 aromatic carbocycles. The fourth-order valence-corrected chi connectivity index (χ4v) is 6.21. The van der Waals surface area contributed by atoms with Gasteiger partial charge in [0.15, 0.2) is 0 Å². The molecule has 0 saturated carbocycles. The highest BCUT2D eigenvalue weighted by Crippen LogP contribution is 2.36. The van der Waals surface area contributed by atoms with Gasteiger partial charge in [-0.3, -0.25) is 10.1 Å². The minimum Gasteiger partial charge on any atom is -0.496 e. The zero-order valence-corrected chi connectivity index (χ0v) is 18.9. The number of nitrogens with one attached hydrogen (secondary N) is 2. The summed E-state index contributed by atoms with van der Waals surface area (Å²) in [5.41, 5.74) is -0.0480. The number of rotatable bonds is 6. The normalized spacial score (nSPS) is 24.1. The summed E-state index contributed by atoms with van der Waals surface area (Å²) in [5.74, 6) is -0.237. The number of carbonyl (C=O) groups is 2. The molecule has 0 aromatic heterocycles. The number of urea groups is 1. The first-order valence-corrected chi connectivity index (χ1v) is 12.1. The van der Waals surface area contributed by atoms with E-state index in [4.69, 9.17) is 4.74 Å². The third-order valence-corrected chi connectivity index (χ3v) is 8.20. The van der Waals surface area contributed by atoms with E-state index in [0.717, 1.165) is 24.8 Å². The Hall–Kier alpha value is -2.91. The van der Waals surface area contributed by atoms with E-state index in [9.17, 15) is 18.0 Å². The summed E-state index contributed by atoms with van der Waals surface area (Å²) in [6.45, 7) is 1.97. The van der Waals surface area contributed by atoms with Gasteiger partial charge in [-0.1, -0.05) is 36.8 Å². The van der Waals surface area contributed by atoms with Crippen molar-refractivity contribution in [2.45, 2.75) is 49.1 Å². The van der Waals surface area contributed by atoms with Crippen LogP contribution in [-0.4, -0.2) is 44.4 Å². The second-order valence-electron chi connectivity index (χ2n) is 8.35. The molecule has 2 fully saturated rings. The number of methoxy groups -OCH3 is 1. The average molecular weight is 458 g/mol. The number of piperidine rings is 1. The van der Waals surface area contributed by atoms with Crippen molar-refractivity contribution < 1.29 is 22.7 Å². The van der Waals surface area contributed by atoms with Gasteiger partial charge in [-0.15, -0.1) is 0 Å². The highest BCUT2D eigenvalue weighted by Gasteiger charge is 2.46. The number of imide groups is 1. The van der Waals surface area contributed by atoms with Crippen molar-refractivity contribution in [1.29, 1.82) is 0 Å². The van der Waals surface area contributed by atoms with Gasteiger partial charge >= 0.3 is 6.03 Å². The number of amides is 3. The molecule has 0 bridgehead atoms. The number of ether oxygens (including phenoxy) is 1. The first-order chi connectivity index (χ1) is 15.3. The summed E-state index contributed by atoms with van der Waals surface area (Å²) in [7, 11) is -2.40. The van der Waals surface area contributed by atoms with Crippen LogP contribution in [-0.2, 0) is 26.8 Å². The molecule has 3 amide bonds. The van der Waals surface area contributed by atoms with Crippen molar-refractivity contribution in [3.8, 4) is 5.75 Å². The summed E-state index contributed by atoms with van der Waals surface area (Å²) in [4.78, 5) is 24.3. The first-order valence-electron chi connectivity index (χ1n) is 10.6. The average Bonchev–Trinajstić information content (AvgIpc) is 3.06. The smallest absolute Gasteiger partial charge is 0.322 e. The molecule has 4 rings (SSSR count). The van der Waals surface area contributed by atoms with Crippen LogP contribution in [0.1, 0.15) is 37.3 Å². The van der Waals surface area contributed by atoms with E-state index in [0.29, 0.717) is 24.3 Å². The second kappa shape index (κ2) is 8.55. The molecule has 0 radical (unpaired) electrons. The molecule has 2 aromatic rings. The molecule has 0 aliphatic carbocycles. The zero-order valence-electron chi connectivity index (χ0n) is 18.1. The molecule has 2 aliphatic rings. The minimum atomic E-state index is -3.83. The Balaban J connectivity index is 1.71. The van der Waals surface area contributed by atoms with Crippen LogP contribution in [0.2, 0.25) is 0 Å². The van der Waals surface area contributed by atoms with Gasteiger partial charge in [-0.2, -0.15) is 4.31 Å². The van der Waals surface area contributed by atoms with Gasteiger partial charge < -0.3 is 10.1 Å². The van der Waals surface area contributed by atoms with E-state index in [1.807, 2.05) is 30.3 Å². The zero-order chi connectivity index (χ0) is 22.9. The molecule has 0 spiro atoms. The molecule has 2 N–H and O–H groups in total. The predicted molar refractivity (Wildman–Crippen MR) is 119 cm³/mol. The SMILES string of the molecule is COc1ccc(S(=O)(=O)N2CCCC[C@@H]2Cc2ccccc2)cc1[C@@]1(C)NC(=O)NC1=O. The molecule has 2 saturated heterocycles. The lowest BCUT2D eigenvalue weighted by Gasteiger charge is -2.35. The topological polar surface area (TPSA) is 105 Å². The fourth-order valence-electron chi connectivity index (χ4n) is 4.49. The van der Waals surface area contributed by atoms with Crippen LogP contribution in [0.5, 0.6) is 5.75 Å². The standard InChI is InChI=1S/C23H27N3O5S/c1-23(21(27)24-22(28)25-23)19-15-18(11-12-20(19)31-2)32(29,30)26-13-7-6-10-17(26)14-16-8-4-3-5-9-16/h3-5,8-9,11-12,15,17H,6-7,10,13-14H2,1-2H3,(H2,24,25,27,28)/t17-,23-/m1/s1. The van der Waals surface area contributed by atoms with Crippen molar-refractivity contribution in [3.05, 3.63) is 59.7 Å². The van der Waals surface area contributed by atoms with E-state index in [2.05, 4.69) is 10.6 Å². The summed E-state index contributed by atoms with van der Waals surface area (Å²) < 4.78 is 34.4. The van der Waals surface area contributed by atoms with Crippen LogP contribution in [0.25, 0.3) is 0 Å². The Morgan fingerprint density at radius 3 is 2.53 bits per heavy atom. The van der Waals surface area contributed by atoms with Crippen molar-refractivity contribution in [2.75, 3.05) is 13.7 Å². The number of nitrogens with zero attached hydrogens (tertiary/aromatic N) is 1. The minimum absolute atomic E-state index is 0.0726. The van der Waals surface area contributed by atoms with Crippen LogP contribution in [0.4, 0.5) is 4.79 Å². The molecule has 2 atom stereocenters. The molecule has 0 unspecified atom stereocenters. The molecular weight excluding hydrogens is 430 g/mol.